The summed E-state index contributed by atoms with van der Waals surface area (Å²) in [5.74, 6) is 1.48. The van der Waals surface area contributed by atoms with E-state index in [0.717, 1.165) is 42.9 Å². The number of piperidine rings is 3. The quantitative estimate of drug-likeness (QED) is 0.539. The maximum Gasteiger partial charge on any atom is 0.243 e. The van der Waals surface area contributed by atoms with Crippen molar-refractivity contribution in [2.24, 2.45) is 11.8 Å². The molecule has 3 aliphatic heterocycles. The van der Waals surface area contributed by atoms with Gasteiger partial charge in [-0.2, -0.15) is 0 Å². The van der Waals surface area contributed by atoms with Crippen molar-refractivity contribution < 1.29 is 9.59 Å². The first-order chi connectivity index (χ1) is 15.6. The highest BCUT2D eigenvalue weighted by atomic mass is 16.2. The zero-order valence-electron chi connectivity index (χ0n) is 19.0. The van der Waals surface area contributed by atoms with Gasteiger partial charge in [0.1, 0.15) is 6.54 Å². The Kier molecular flexibility index (Phi) is 4.98. The van der Waals surface area contributed by atoms with Gasteiger partial charge in [-0.25, -0.2) is 0 Å². The molecule has 3 fully saturated rings. The molecule has 0 saturated carbocycles. The fourth-order valence-electron chi connectivity index (χ4n) is 7.15. The molecule has 1 aromatic carbocycles. The van der Waals surface area contributed by atoms with Gasteiger partial charge >= 0.3 is 0 Å². The average molecular weight is 432 g/mol. The van der Waals surface area contributed by atoms with E-state index in [-0.39, 0.29) is 17.7 Å². The van der Waals surface area contributed by atoms with Crippen molar-refractivity contribution in [3.05, 3.63) is 47.7 Å². The third-order valence-electron chi connectivity index (χ3n) is 8.45. The minimum absolute atomic E-state index is 0.0483. The van der Waals surface area contributed by atoms with Crippen LogP contribution < -0.4 is 0 Å². The molecule has 0 spiro atoms. The molecule has 0 radical (unpaired) electrons. The maximum absolute atomic E-state index is 13.7. The van der Waals surface area contributed by atoms with E-state index in [2.05, 4.69) is 15.9 Å². The van der Waals surface area contributed by atoms with Crippen molar-refractivity contribution in [2.75, 3.05) is 19.6 Å². The maximum atomic E-state index is 13.7. The Labute approximate surface area is 190 Å². The number of carbonyl (C=O) groups excluding carboxylic acids is 2. The van der Waals surface area contributed by atoms with Crippen molar-refractivity contribution in [1.82, 2.24) is 14.4 Å². The molecule has 0 N–H and O–H groups in total. The number of hydrogen-bond donors (Lipinski definition) is 0. The monoisotopic (exact) mass is 431 g/mol. The first kappa shape index (κ1) is 20.2. The van der Waals surface area contributed by atoms with Crippen LogP contribution in [0, 0.1) is 11.8 Å². The van der Waals surface area contributed by atoms with Crippen LogP contribution in [0.2, 0.25) is 0 Å². The predicted molar refractivity (Wildman–Crippen MR) is 126 cm³/mol. The van der Waals surface area contributed by atoms with Crippen LogP contribution in [0.15, 0.2) is 42.1 Å². The number of carbonyl (C=O) groups is 2. The van der Waals surface area contributed by atoms with E-state index in [9.17, 15) is 9.59 Å². The van der Waals surface area contributed by atoms with Crippen LogP contribution in [0.1, 0.15) is 55.8 Å². The molecule has 0 unspecified atom stereocenters. The second kappa shape index (κ2) is 7.87. The number of ketones is 1. The second-order valence-electron chi connectivity index (χ2n) is 10.3. The van der Waals surface area contributed by atoms with E-state index >= 15 is 0 Å². The number of aromatic nitrogens is 1. The third kappa shape index (κ3) is 3.24. The van der Waals surface area contributed by atoms with E-state index in [1.807, 2.05) is 35.0 Å². The number of likely N-dealkylation sites (tertiary alicyclic amines) is 1. The van der Waals surface area contributed by atoms with Crippen LogP contribution in [0.3, 0.4) is 0 Å². The van der Waals surface area contributed by atoms with Gasteiger partial charge in [-0.3, -0.25) is 14.5 Å². The van der Waals surface area contributed by atoms with Gasteiger partial charge < -0.3 is 9.47 Å². The zero-order chi connectivity index (χ0) is 21.8. The minimum atomic E-state index is 0.0483. The molecule has 3 saturated heterocycles. The van der Waals surface area contributed by atoms with Crippen molar-refractivity contribution in [2.45, 2.75) is 64.1 Å². The van der Waals surface area contributed by atoms with Gasteiger partial charge in [-0.1, -0.05) is 36.3 Å². The number of rotatable bonds is 3. The van der Waals surface area contributed by atoms with Gasteiger partial charge in [0.15, 0.2) is 5.78 Å². The highest BCUT2D eigenvalue weighted by Gasteiger charge is 2.46. The first-order valence-electron chi connectivity index (χ1n) is 12.4. The normalized spacial score (nSPS) is 29.9. The summed E-state index contributed by atoms with van der Waals surface area (Å²) in [5.41, 5.74) is 3.20. The van der Waals surface area contributed by atoms with Crippen LogP contribution in [0.4, 0.5) is 0 Å². The molecule has 2 bridgehead atoms. The molecule has 5 heteroatoms. The molecule has 2 aromatic rings. The number of benzene rings is 1. The molecule has 168 valence electrons. The molecule has 1 amide bonds. The molecular formula is C27H33N3O2. The van der Waals surface area contributed by atoms with Gasteiger partial charge in [0.25, 0.3) is 0 Å². The summed E-state index contributed by atoms with van der Waals surface area (Å²) in [5, 5.41) is 0.941. The smallest absolute Gasteiger partial charge is 0.243 e. The SMILES string of the molecule is CC(=O)c1cn(CC(=O)N2CCCC3=C[C@H]4C[C@@H](CN5CCCC[C@@H]45)[C@H]32)c2ccccc12. The first-order valence-corrected chi connectivity index (χ1v) is 12.4. The molecule has 1 aromatic heterocycles. The lowest BCUT2D eigenvalue weighted by molar-refractivity contribution is -0.136. The van der Waals surface area contributed by atoms with E-state index in [4.69, 9.17) is 0 Å². The van der Waals surface area contributed by atoms with Crippen molar-refractivity contribution in [3.63, 3.8) is 0 Å². The zero-order valence-corrected chi connectivity index (χ0v) is 19.0. The lowest BCUT2D eigenvalue weighted by Gasteiger charge is -2.54. The second-order valence-corrected chi connectivity index (χ2v) is 10.3. The number of Topliss-reactive ketones (excluding diaryl/α,β-unsaturated/α-hetero) is 1. The van der Waals surface area contributed by atoms with Crippen molar-refractivity contribution in [1.29, 1.82) is 0 Å². The molecule has 4 atom stereocenters. The van der Waals surface area contributed by atoms with Gasteiger partial charge in [0.05, 0.1) is 6.04 Å². The Morgan fingerprint density at radius 3 is 2.84 bits per heavy atom. The van der Waals surface area contributed by atoms with Crippen molar-refractivity contribution in [3.8, 4) is 0 Å². The average Bonchev–Trinajstić information content (AvgIpc) is 3.17. The predicted octanol–water partition coefficient (Wildman–Crippen LogP) is 4.27. The summed E-state index contributed by atoms with van der Waals surface area (Å²) in [6, 6.07) is 8.93. The van der Waals surface area contributed by atoms with Crippen LogP contribution in [-0.2, 0) is 11.3 Å². The summed E-state index contributed by atoms with van der Waals surface area (Å²) >= 11 is 0. The van der Waals surface area contributed by atoms with Crippen LogP contribution in [0.25, 0.3) is 10.9 Å². The van der Waals surface area contributed by atoms with Gasteiger partial charge in [-0.15, -0.1) is 0 Å². The Bertz CT molecular complexity index is 1100. The summed E-state index contributed by atoms with van der Waals surface area (Å²) in [6.45, 7) is 5.13. The number of amides is 1. The van der Waals surface area contributed by atoms with Crippen LogP contribution in [-0.4, -0.2) is 57.8 Å². The summed E-state index contributed by atoms with van der Waals surface area (Å²) in [4.78, 5) is 30.7. The molecule has 1 aliphatic carbocycles. The molecule has 4 aliphatic rings. The summed E-state index contributed by atoms with van der Waals surface area (Å²) in [7, 11) is 0. The van der Waals surface area contributed by atoms with Gasteiger partial charge in [0, 0.05) is 41.8 Å². The molecule has 32 heavy (non-hydrogen) atoms. The Morgan fingerprint density at radius 2 is 1.97 bits per heavy atom. The lowest BCUT2D eigenvalue weighted by atomic mass is 9.68. The molecular weight excluding hydrogens is 398 g/mol. The number of fused-ring (bicyclic) bond motifs is 7. The summed E-state index contributed by atoms with van der Waals surface area (Å²) < 4.78 is 1.99. The van der Waals surface area contributed by atoms with Crippen molar-refractivity contribution >= 4 is 22.6 Å². The Morgan fingerprint density at radius 1 is 1.09 bits per heavy atom. The number of para-hydroxylation sites is 1. The lowest BCUT2D eigenvalue weighted by Crippen LogP contribution is -2.60. The third-order valence-corrected chi connectivity index (χ3v) is 8.45. The molecule has 6 rings (SSSR count). The van der Waals surface area contributed by atoms with Gasteiger partial charge in [0.2, 0.25) is 5.91 Å². The van der Waals surface area contributed by atoms with Gasteiger partial charge in [-0.05, 0) is 63.5 Å². The fourth-order valence-corrected chi connectivity index (χ4v) is 7.15. The largest absolute Gasteiger partial charge is 0.337 e. The number of hydrogen-bond acceptors (Lipinski definition) is 3. The highest BCUT2D eigenvalue weighted by Crippen LogP contribution is 2.45. The topological polar surface area (TPSA) is 45.6 Å². The minimum Gasteiger partial charge on any atom is -0.337 e. The number of nitrogens with zero attached hydrogens (tertiary/aromatic N) is 3. The van der Waals surface area contributed by atoms with E-state index < -0.39 is 0 Å². The molecule has 4 heterocycles. The van der Waals surface area contributed by atoms with E-state index in [0.29, 0.717) is 23.9 Å². The standard InChI is InChI=1S/C27H33N3O2/c1-18(31)23-16-29(25-10-3-2-8-22(23)25)17-26(32)30-12-6-7-19-13-20-14-21(27(19)30)15-28-11-5-4-9-24(20)28/h2-3,8,10,13,16,20-21,24,27H,4-7,9,11-12,14-15,17H2,1H3/t20-,21-,24-,27-/m0/s1. The Balaban J connectivity index is 1.29. The van der Waals surface area contributed by atoms with Crippen LogP contribution >= 0.6 is 0 Å². The Hall–Kier alpha value is -2.40. The fraction of sp³-hybridized carbons (Fsp3) is 0.556. The highest BCUT2D eigenvalue weighted by molar-refractivity contribution is 6.07. The van der Waals surface area contributed by atoms with E-state index in [1.165, 1.54) is 37.8 Å². The summed E-state index contributed by atoms with van der Waals surface area (Å²) in [6.07, 6.45) is 11.9. The van der Waals surface area contributed by atoms with E-state index in [1.54, 1.807) is 6.92 Å². The molecule has 5 nitrogen and oxygen atoms in total. The van der Waals surface area contributed by atoms with Crippen LogP contribution in [0.5, 0.6) is 0 Å².